The van der Waals surface area contributed by atoms with Crippen molar-refractivity contribution in [1.29, 1.82) is 0 Å². The average molecular weight is 296 g/mol. The molecule has 106 valence electrons. The molecule has 2 aliphatic rings. The highest BCUT2D eigenvalue weighted by atomic mass is 32.2. The Morgan fingerprint density at radius 2 is 2.14 bits per heavy atom. The monoisotopic (exact) mass is 296 g/mol. The second-order valence-corrected chi connectivity index (χ2v) is 6.83. The van der Waals surface area contributed by atoms with E-state index in [0.717, 1.165) is 17.4 Å². The van der Waals surface area contributed by atoms with Crippen molar-refractivity contribution in [3.8, 4) is 0 Å². The molecule has 0 unspecified atom stereocenters. The van der Waals surface area contributed by atoms with E-state index < -0.39 is 0 Å². The van der Waals surface area contributed by atoms with Crippen LogP contribution in [-0.2, 0) is 0 Å². The Morgan fingerprint density at radius 1 is 1.19 bits per heavy atom. The molecular formula is C16H16N4S. The zero-order chi connectivity index (χ0) is 14.2. The van der Waals surface area contributed by atoms with E-state index in [1.807, 2.05) is 48.6 Å². The highest BCUT2D eigenvalue weighted by molar-refractivity contribution is 8.14. The van der Waals surface area contributed by atoms with Gasteiger partial charge in [0, 0.05) is 30.4 Å². The third-order valence-corrected chi connectivity index (χ3v) is 5.01. The maximum Gasteiger partial charge on any atom is 0.160 e. The molecule has 0 bridgehead atoms. The predicted molar refractivity (Wildman–Crippen MR) is 85.2 cm³/mol. The number of hydrogen-bond acceptors (Lipinski definition) is 5. The Balaban J connectivity index is 1.77. The smallest absolute Gasteiger partial charge is 0.160 e. The molecule has 0 N–H and O–H groups in total. The minimum Gasteiger partial charge on any atom is -0.341 e. The Morgan fingerprint density at radius 3 is 2.90 bits per heavy atom. The normalized spacial score (nSPS) is 27.6. The second-order valence-electron chi connectivity index (χ2n) is 5.42. The van der Waals surface area contributed by atoms with Gasteiger partial charge >= 0.3 is 0 Å². The quantitative estimate of drug-likeness (QED) is 0.854. The maximum atomic E-state index is 4.94. The van der Waals surface area contributed by atoms with Crippen LogP contribution in [0.15, 0.2) is 53.9 Å². The number of hydrogen-bond donors (Lipinski definition) is 0. The largest absolute Gasteiger partial charge is 0.341 e. The van der Waals surface area contributed by atoms with Crippen molar-refractivity contribution in [2.45, 2.75) is 24.3 Å². The summed E-state index contributed by atoms with van der Waals surface area (Å²) in [6.45, 7) is 3.29. The van der Waals surface area contributed by atoms with Gasteiger partial charge in [0.15, 0.2) is 5.17 Å². The van der Waals surface area contributed by atoms with E-state index >= 15 is 0 Å². The van der Waals surface area contributed by atoms with Crippen LogP contribution in [0.5, 0.6) is 0 Å². The van der Waals surface area contributed by atoms with Crippen LogP contribution in [0.25, 0.3) is 0 Å². The van der Waals surface area contributed by atoms with E-state index in [4.69, 9.17) is 4.99 Å². The number of aliphatic imine (C=N–C) groups is 1. The summed E-state index contributed by atoms with van der Waals surface area (Å²) in [7, 11) is 0. The molecule has 5 heteroatoms. The lowest BCUT2D eigenvalue weighted by Gasteiger charge is -2.26. The lowest BCUT2D eigenvalue weighted by molar-refractivity contribution is 0.320. The predicted octanol–water partition coefficient (Wildman–Crippen LogP) is 3.07. The molecule has 4 heterocycles. The van der Waals surface area contributed by atoms with Gasteiger partial charge in [0.2, 0.25) is 0 Å². The average Bonchev–Trinajstić information content (AvgIpc) is 3.05. The van der Waals surface area contributed by atoms with Crippen LogP contribution >= 0.6 is 11.8 Å². The first-order valence-electron chi connectivity index (χ1n) is 7.15. The molecule has 2 aliphatic heterocycles. The molecule has 0 aromatic carbocycles. The van der Waals surface area contributed by atoms with Crippen LogP contribution < -0.4 is 0 Å². The summed E-state index contributed by atoms with van der Waals surface area (Å²) in [5.74, 6) is 0. The van der Waals surface area contributed by atoms with Gasteiger partial charge in [0.1, 0.15) is 6.04 Å². The number of rotatable bonds is 2. The molecule has 0 radical (unpaired) electrons. The number of amidine groups is 1. The summed E-state index contributed by atoms with van der Waals surface area (Å²) in [6.07, 6.45) is 5.61. The first kappa shape index (κ1) is 12.8. The van der Waals surface area contributed by atoms with Gasteiger partial charge in [-0.2, -0.15) is 0 Å². The van der Waals surface area contributed by atoms with Crippen molar-refractivity contribution in [3.63, 3.8) is 0 Å². The van der Waals surface area contributed by atoms with E-state index in [0.29, 0.717) is 5.25 Å². The number of aromatic nitrogens is 2. The van der Waals surface area contributed by atoms with Crippen LogP contribution in [0.3, 0.4) is 0 Å². The van der Waals surface area contributed by atoms with Crippen LogP contribution in [0.4, 0.5) is 0 Å². The molecule has 1 saturated heterocycles. The highest BCUT2D eigenvalue weighted by Gasteiger charge is 2.43. The molecule has 3 atom stereocenters. The van der Waals surface area contributed by atoms with Crippen molar-refractivity contribution in [2.75, 3.05) is 6.54 Å². The van der Waals surface area contributed by atoms with Crippen LogP contribution in [0, 0.1) is 0 Å². The van der Waals surface area contributed by atoms with Crippen molar-refractivity contribution < 1.29 is 0 Å². The molecule has 0 aliphatic carbocycles. The van der Waals surface area contributed by atoms with Gasteiger partial charge < -0.3 is 4.90 Å². The van der Waals surface area contributed by atoms with Gasteiger partial charge in [-0.3, -0.25) is 15.0 Å². The summed E-state index contributed by atoms with van der Waals surface area (Å²) in [5, 5.41) is 1.74. The van der Waals surface area contributed by atoms with Gasteiger partial charge in [-0.05, 0) is 23.8 Å². The fourth-order valence-corrected chi connectivity index (χ4v) is 4.12. The molecule has 0 spiro atoms. The second kappa shape index (κ2) is 5.15. The van der Waals surface area contributed by atoms with E-state index in [9.17, 15) is 0 Å². The number of fused-ring (bicyclic) bond motifs is 1. The summed E-state index contributed by atoms with van der Waals surface area (Å²) in [5.41, 5.74) is 2.24. The molecular weight excluding hydrogens is 280 g/mol. The zero-order valence-electron chi connectivity index (χ0n) is 11.8. The number of pyridine rings is 2. The van der Waals surface area contributed by atoms with Crippen molar-refractivity contribution >= 4 is 16.9 Å². The van der Waals surface area contributed by atoms with Gasteiger partial charge in [-0.1, -0.05) is 30.8 Å². The molecule has 2 aromatic heterocycles. The van der Waals surface area contributed by atoms with Crippen molar-refractivity contribution in [3.05, 3.63) is 60.2 Å². The standard InChI is InChI=1S/C16H16N4S/c1-11-10-20-15(12-5-4-7-17-9-12)14(19-16(20)21-11)13-6-2-3-8-18-13/h2-9,11,14-15H,10H2,1H3/t11-,14-,15-/m0/s1. The minimum absolute atomic E-state index is 0.0606. The Kier molecular flexibility index (Phi) is 3.15. The third-order valence-electron chi connectivity index (χ3n) is 3.91. The van der Waals surface area contributed by atoms with E-state index in [-0.39, 0.29) is 12.1 Å². The van der Waals surface area contributed by atoms with E-state index in [1.165, 1.54) is 5.56 Å². The molecule has 4 nitrogen and oxygen atoms in total. The Labute approximate surface area is 128 Å². The first-order chi connectivity index (χ1) is 10.3. The minimum atomic E-state index is 0.0606. The fraction of sp³-hybridized carbons (Fsp3) is 0.312. The Hall–Kier alpha value is -1.88. The fourth-order valence-electron chi connectivity index (χ4n) is 3.03. The van der Waals surface area contributed by atoms with E-state index in [2.05, 4.69) is 33.9 Å². The van der Waals surface area contributed by atoms with Crippen LogP contribution in [0.1, 0.15) is 30.3 Å². The van der Waals surface area contributed by atoms with Crippen molar-refractivity contribution in [1.82, 2.24) is 14.9 Å². The molecule has 21 heavy (non-hydrogen) atoms. The lowest BCUT2D eigenvalue weighted by atomic mass is 9.98. The number of thioether (sulfide) groups is 1. The summed E-state index contributed by atoms with van der Waals surface area (Å²) >= 11 is 1.86. The maximum absolute atomic E-state index is 4.94. The molecule has 4 rings (SSSR count). The van der Waals surface area contributed by atoms with E-state index in [1.54, 1.807) is 0 Å². The summed E-state index contributed by atoms with van der Waals surface area (Å²) in [4.78, 5) is 16.2. The topological polar surface area (TPSA) is 41.4 Å². The summed E-state index contributed by atoms with van der Waals surface area (Å²) in [6, 6.07) is 10.4. The van der Waals surface area contributed by atoms with Gasteiger partial charge in [-0.25, -0.2) is 0 Å². The third kappa shape index (κ3) is 2.21. The first-order valence-corrected chi connectivity index (χ1v) is 8.03. The van der Waals surface area contributed by atoms with Crippen LogP contribution in [-0.4, -0.2) is 31.8 Å². The summed E-state index contributed by atoms with van der Waals surface area (Å²) < 4.78 is 0. The molecule has 0 saturated carbocycles. The van der Waals surface area contributed by atoms with Crippen molar-refractivity contribution in [2.24, 2.45) is 4.99 Å². The Bertz CT molecular complexity index is 658. The van der Waals surface area contributed by atoms with Crippen LogP contribution in [0.2, 0.25) is 0 Å². The zero-order valence-corrected chi connectivity index (χ0v) is 12.6. The highest BCUT2D eigenvalue weighted by Crippen LogP contribution is 2.47. The molecule has 1 fully saturated rings. The van der Waals surface area contributed by atoms with Gasteiger partial charge in [0.25, 0.3) is 0 Å². The lowest BCUT2D eigenvalue weighted by Crippen LogP contribution is -2.28. The molecule has 2 aromatic rings. The van der Waals surface area contributed by atoms with Gasteiger partial charge in [0.05, 0.1) is 11.7 Å². The molecule has 0 amide bonds. The van der Waals surface area contributed by atoms with Gasteiger partial charge in [-0.15, -0.1) is 0 Å². The SMILES string of the molecule is C[C@H]1CN2C(=N[C@@H](c3ccccn3)[C@@H]2c2cccnc2)S1. The number of nitrogens with zero attached hydrogens (tertiary/aromatic N) is 4.